The van der Waals surface area contributed by atoms with Crippen LogP contribution >= 0.6 is 36.4 Å². The third kappa shape index (κ3) is 5.16. The maximum atomic E-state index is 12.7. The molecule has 4 rings (SSSR count). The van der Waals surface area contributed by atoms with Gasteiger partial charge in [0.25, 0.3) is 0 Å². The van der Waals surface area contributed by atoms with Gasteiger partial charge in [-0.3, -0.25) is 4.79 Å². The van der Waals surface area contributed by atoms with Crippen LogP contribution in [0.3, 0.4) is 0 Å². The van der Waals surface area contributed by atoms with Crippen LogP contribution in [0.15, 0.2) is 69.9 Å². The molecule has 0 spiro atoms. The van der Waals surface area contributed by atoms with Crippen molar-refractivity contribution in [3.05, 3.63) is 92.8 Å². The van der Waals surface area contributed by atoms with Crippen molar-refractivity contribution < 1.29 is 4.42 Å². The summed E-state index contributed by atoms with van der Waals surface area (Å²) in [5.41, 5.74) is 8.43. The smallest absolute Gasteiger partial charge is 0.193 e. The lowest BCUT2D eigenvalue weighted by molar-refractivity contribution is 0.530. The predicted molar refractivity (Wildman–Crippen MR) is 131 cm³/mol. The number of fused-ring (bicyclic) bond motifs is 2. The Morgan fingerprint density at radius 3 is 2.40 bits per heavy atom. The predicted octanol–water partition coefficient (Wildman–Crippen LogP) is 6.12. The van der Waals surface area contributed by atoms with Crippen molar-refractivity contribution in [3.8, 4) is 0 Å². The third-order valence-corrected chi connectivity index (χ3v) is 5.31. The molecule has 0 bridgehead atoms. The van der Waals surface area contributed by atoms with Crippen LogP contribution in [0, 0.1) is 0 Å². The largest absolute Gasteiger partial charge is 0.461 e. The summed E-state index contributed by atoms with van der Waals surface area (Å²) in [5.74, 6) is 0.696. The molecule has 1 heterocycles. The molecule has 3 aromatic carbocycles. The van der Waals surface area contributed by atoms with E-state index in [0.29, 0.717) is 34.7 Å². The number of aryl methyl sites for hydroxylation is 3. The molecular weight excluding hydrogens is 441 g/mol. The van der Waals surface area contributed by atoms with Crippen molar-refractivity contribution in [1.82, 2.24) is 0 Å². The van der Waals surface area contributed by atoms with Crippen molar-refractivity contribution in [2.24, 2.45) is 5.73 Å². The maximum Gasteiger partial charge on any atom is 0.193 e. The van der Waals surface area contributed by atoms with Crippen LogP contribution in [0.25, 0.3) is 21.7 Å². The molecule has 158 valence electrons. The highest BCUT2D eigenvalue weighted by Crippen LogP contribution is 2.25. The van der Waals surface area contributed by atoms with Gasteiger partial charge in [-0.1, -0.05) is 54.1 Å². The molecule has 30 heavy (non-hydrogen) atoms. The summed E-state index contributed by atoms with van der Waals surface area (Å²) in [5, 5.41) is 3.55. The third-order valence-electron chi connectivity index (χ3n) is 5.09. The molecule has 4 aromatic rings. The minimum atomic E-state index is -0.0503. The van der Waals surface area contributed by atoms with Crippen LogP contribution in [0.2, 0.25) is 5.02 Å². The number of nitrogens with two attached hydrogens (primary N) is 1. The van der Waals surface area contributed by atoms with Gasteiger partial charge in [0.2, 0.25) is 0 Å². The molecule has 0 atom stereocenters. The molecule has 0 amide bonds. The fourth-order valence-corrected chi connectivity index (χ4v) is 3.95. The molecule has 0 fully saturated rings. The average Bonchev–Trinajstić information content (AvgIpc) is 2.71. The van der Waals surface area contributed by atoms with E-state index < -0.39 is 0 Å². The van der Waals surface area contributed by atoms with Gasteiger partial charge in [-0.25, -0.2) is 0 Å². The fourth-order valence-electron chi connectivity index (χ4n) is 3.71. The monoisotopic (exact) mass is 463 g/mol. The summed E-state index contributed by atoms with van der Waals surface area (Å²) in [6.07, 6.45) is 3.03. The van der Waals surface area contributed by atoms with Gasteiger partial charge in [-0.2, -0.15) is 0 Å². The molecule has 0 radical (unpaired) electrons. The Labute approximate surface area is 193 Å². The molecule has 0 aliphatic carbocycles. The van der Waals surface area contributed by atoms with Crippen LogP contribution in [-0.4, -0.2) is 6.54 Å². The van der Waals surface area contributed by atoms with E-state index in [1.165, 1.54) is 16.3 Å². The standard InChI is InChI=1S/C24H22ClNO2.2ClH/c25-19-13-18(8-4-12-26)24-22(14-19)23(27)15-20(28-24)11-10-17-7-3-6-16-5-1-2-9-21(16)17;;/h1-3,5-7,9,13-15H,4,8,10-12,26H2;2*1H. The average molecular weight is 465 g/mol. The molecule has 0 aliphatic rings. The van der Waals surface area contributed by atoms with Crippen LogP contribution in [0.1, 0.15) is 23.3 Å². The van der Waals surface area contributed by atoms with E-state index in [1.54, 1.807) is 12.1 Å². The molecule has 0 saturated carbocycles. The van der Waals surface area contributed by atoms with Crippen molar-refractivity contribution in [3.63, 3.8) is 0 Å². The highest BCUT2D eigenvalue weighted by molar-refractivity contribution is 6.31. The van der Waals surface area contributed by atoms with Crippen molar-refractivity contribution in [2.45, 2.75) is 25.7 Å². The summed E-state index contributed by atoms with van der Waals surface area (Å²) in [6.45, 7) is 0.582. The molecule has 0 aliphatic heterocycles. The molecular formula is C24H24Cl3NO2. The highest BCUT2D eigenvalue weighted by atomic mass is 35.5. The molecule has 1 aromatic heterocycles. The second-order valence-electron chi connectivity index (χ2n) is 7.05. The molecule has 0 saturated heterocycles. The Bertz CT molecular complexity index is 1200. The number of hydrogen-bond donors (Lipinski definition) is 1. The Hall–Kier alpha value is -2.04. The lowest BCUT2D eigenvalue weighted by Gasteiger charge is -2.09. The zero-order chi connectivity index (χ0) is 19.5. The topological polar surface area (TPSA) is 56.2 Å². The minimum absolute atomic E-state index is 0. The zero-order valence-corrected chi connectivity index (χ0v) is 18.8. The van der Waals surface area contributed by atoms with E-state index in [1.807, 2.05) is 12.1 Å². The number of benzene rings is 3. The molecule has 3 nitrogen and oxygen atoms in total. The van der Waals surface area contributed by atoms with Crippen molar-refractivity contribution in [2.75, 3.05) is 6.54 Å². The van der Waals surface area contributed by atoms with E-state index in [0.717, 1.165) is 24.8 Å². The van der Waals surface area contributed by atoms with Gasteiger partial charge in [0.05, 0.1) is 5.39 Å². The summed E-state index contributed by atoms with van der Waals surface area (Å²) in [4.78, 5) is 12.7. The van der Waals surface area contributed by atoms with Crippen LogP contribution in [-0.2, 0) is 19.3 Å². The van der Waals surface area contributed by atoms with Gasteiger partial charge in [0.15, 0.2) is 5.43 Å². The van der Waals surface area contributed by atoms with E-state index in [9.17, 15) is 4.79 Å². The van der Waals surface area contributed by atoms with Crippen molar-refractivity contribution >= 4 is 58.2 Å². The second kappa shape index (κ2) is 10.8. The van der Waals surface area contributed by atoms with E-state index in [4.69, 9.17) is 21.8 Å². The summed E-state index contributed by atoms with van der Waals surface area (Å²) < 4.78 is 6.16. The fraction of sp³-hybridized carbons (Fsp3) is 0.208. The van der Waals surface area contributed by atoms with Crippen molar-refractivity contribution in [1.29, 1.82) is 0 Å². The normalized spacial score (nSPS) is 10.6. The Balaban J connectivity index is 0.00000160. The highest BCUT2D eigenvalue weighted by Gasteiger charge is 2.12. The van der Waals surface area contributed by atoms with E-state index >= 15 is 0 Å². The minimum Gasteiger partial charge on any atom is -0.461 e. The van der Waals surface area contributed by atoms with Gasteiger partial charge in [-0.05, 0) is 59.8 Å². The first-order chi connectivity index (χ1) is 13.7. The number of hydrogen-bond acceptors (Lipinski definition) is 3. The SMILES string of the molecule is Cl.Cl.NCCCc1cc(Cl)cc2c(=O)cc(CCc3cccc4ccccc34)oc12. The molecule has 2 N–H and O–H groups in total. The van der Waals surface area contributed by atoms with Crippen LogP contribution in [0.4, 0.5) is 0 Å². The summed E-state index contributed by atoms with van der Waals surface area (Å²) in [6, 6.07) is 19.8. The van der Waals surface area contributed by atoms with Gasteiger partial charge >= 0.3 is 0 Å². The van der Waals surface area contributed by atoms with Gasteiger partial charge in [0.1, 0.15) is 11.3 Å². The van der Waals surface area contributed by atoms with Gasteiger partial charge in [-0.15, -0.1) is 24.8 Å². The zero-order valence-electron chi connectivity index (χ0n) is 16.4. The van der Waals surface area contributed by atoms with Gasteiger partial charge < -0.3 is 10.2 Å². The van der Waals surface area contributed by atoms with Crippen LogP contribution < -0.4 is 11.2 Å². The van der Waals surface area contributed by atoms with Crippen LogP contribution in [0.5, 0.6) is 0 Å². The first-order valence-corrected chi connectivity index (χ1v) is 9.95. The first kappa shape index (κ1) is 24.2. The lowest BCUT2D eigenvalue weighted by atomic mass is 10.00. The summed E-state index contributed by atoms with van der Waals surface area (Å²) in [7, 11) is 0. The Kier molecular flexibility index (Phi) is 8.75. The second-order valence-corrected chi connectivity index (χ2v) is 7.49. The number of halogens is 3. The molecule has 0 unspecified atom stereocenters. The number of rotatable bonds is 6. The molecule has 6 heteroatoms. The van der Waals surface area contributed by atoms with E-state index in [2.05, 4.69) is 36.4 Å². The Morgan fingerprint density at radius 1 is 0.833 bits per heavy atom. The lowest BCUT2D eigenvalue weighted by Crippen LogP contribution is -2.06. The Morgan fingerprint density at radius 2 is 1.60 bits per heavy atom. The quantitative estimate of drug-likeness (QED) is 0.374. The summed E-state index contributed by atoms with van der Waals surface area (Å²) >= 11 is 6.20. The first-order valence-electron chi connectivity index (χ1n) is 9.57. The maximum absolute atomic E-state index is 12.7. The van der Waals surface area contributed by atoms with E-state index in [-0.39, 0.29) is 30.2 Å². The van der Waals surface area contributed by atoms with Gasteiger partial charge in [0, 0.05) is 17.5 Å².